The summed E-state index contributed by atoms with van der Waals surface area (Å²) in [6.07, 6.45) is 0. The SMILES string of the molecule is COc1ccc(-c2nc3ccccc3o2)cc1F. The topological polar surface area (TPSA) is 35.3 Å². The van der Waals surface area contributed by atoms with Crippen molar-refractivity contribution in [3.8, 4) is 17.2 Å². The molecular weight excluding hydrogens is 233 g/mol. The van der Waals surface area contributed by atoms with E-state index in [0.29, 0.717) is 17.0 Å². The van der Waals surface area contributed by atoms with E-state index in [9.17, 15) is 4.39 Å². The molecule has 0 saturated heterocycles. The molecule has 90 valence electrons. The molecule has 3 rings (SSSR count). The molecule has 3 aromatic rings. The standard InChI is InChI=1S/C14H10FNO2/c1-17-12-7-6-9(8-10(12)15)14-16-11-4-2-3-5-13(11)18-14/h2-8H,1H3. The maximum absolute atomic E-state index is 13.6. The third-order valence-electron chi connectivity index (χ3n) is 2.69. The third kappa shape index (κ3) is 1.72. The van der Waals surface area contributed by atoms with E-state index in [2.05, 4.69) is 4.98 Å². The van der Waals surface area contributed by atoms with Gasteiger partial charge in [0.25, 0.3) is 0 Å². The Kier molecular flexibility index (Phi) is 2.48. The van der Waals surface area contributed by atoms with Crippen LogP contribution in [0.2, 0.25) is 0 Å². The van der Waals surface area contributed by atoms with Crippen molar-refractivity contribution in [2.75, 3.05) is 7.11 Å². The predicted molar refractivity (Wildman–Crippen MR) is 66.0 cm³/mol. The van der Waals surface area contributed by atoms with E-state index < -0.39 is 5.82 Å². The number of nitrogens with zero attached hydrogens (tertiary/aromatic N) is 1. The number of ether oxygens (including phenoxy) is 1. The Morgan fingerprint density at radius 3 is 2.72 bits per heavy atom. The molecule has 0 aliphatic carbocycles. The van der Waals surface area contributed by atoms with Gasteiger partial charge in [0, 0.05) is 5.56 Å². The van der Waals surface area contributed by atoms with Gasteiger partial charge in [0.2, 0.25) is 5.89 Å². The zero-order valence-corrected chi connectivity index (χ0v) is 9.68. The summed E-state index contributed by atoms with van der Waals surface area (Å²) >= 11 is 0. The molecule has 0 amide bonds. The fourth-order valence-corrected chi connectivity index (χ4v) is 1.80. The van der Waals surface area contributed by atoms with Gasteiger partial charge in [-0.05, 0) is 30.3 Å². The van der Waals surface area contributed by atoms with Gasteiger partial charge in [0.1, 0.15) is 5.52 Å². The number of hydrogen-bond acceptors (Lipinski definition) is 3. The Balaban J connectivity index is 2.11. The highest BCUT2D eigenvalue weighted by molar-refractivity contribution is 5.76. The van der Waals surface area contributed by atoms with E-state index in [1.54, 1.807) is 12.1 Å². The van der Waals surface area contributed by atoms with Crippen molar-refractivity contribution in [3.05, 3.63) is 48.3 Å². The number of halogens is 1. The minimum Gasteiger partial charge on any atom is -0.494 e. The van der Waals surface area contributed by atoms with E-state index in [1.165, 1.54) is 13.2 Å². The Morgan fingerprint density at radius 2 is 2.00 bits per heavy atom. The lowest BCUT2D eigenvalue weighted by Crippen LogP contribution is -1.88. The number of fused-ring (bicyclic) bond motifs is 1. The van der Waals surface area contributed by atoms with Gasteiger partial charge >= 0.3 is 0 Å². The minimum atomic E-state index is -0.433. The molecule has 18 heavy (non-hydrogen) atoms. The molecule has 3 nitrogen and oxygen atoms in total. The van der Waals surface area contributed by atoms with Crippen LogP contribution >= 0.6 is 0 Å². The maximum Gasteiger partial charge on any atom is 0.227 e. The number of para-hydroxylation sites is 2. The largest absolute Gasteiger partial charge is 0.494 e. The summed E-state index contributed by atoms with van der Waals surface area (Å²) in [6, 6.07) is 12.0. The van der Waals surface area contributed by atoms with Gasteiger partial charge in [-0.3, -0.25) is 0 Å². The van der Waals surface area contributed by atoms with Crippen LogP contribution in [0, 0.1) is 5.82 Å². The monoisotopic (exact) mass is 243 g/mol. The number of rotatable bonds is 2. The van der Waals surface area contributed by atoms with Crippen LogP contribution in [0.15, 0.2) is 46.9 Å². The highest BCUT2D eigenvalue weighted by Gasteiger charge is 2.10. The van der Waals surface area contributed by atoms with E-state index in [-0.39, 0.29) is 5.75 Å². The highest BCUT2D eigenvalue weighted by Crippen LogP contribution is 2.27. The average Bonchev–Trinajstić information content (AvgIpc) is 2.82. The van der Waals surface area contributed by atoms with Gasteiger partial charge < -0.3 is 9.15 Å². The summed E-state index contributed by atoms with van der Waals surface area (Å²) in [5.41, 5.74) is 2.02. The number of benzene rings is 2. The second kappa shape index (κ2) is 4.14. The Bertz CT molecular complexity index is 673. The fraction of sp³-hybridized carbons (Fsp3) is 0.0714. The molecule has 0 radical (unpaired) electrons. The number of aromatic nitrogens is 1. The van der Waals surface area contributed by atoms with Gasteiger partial charge in [-0.15, -0.1) is 0 Å². The predicted octanol–water partition coefficient (Wildman–Crippen LogP) is 3.64. The molecular formula is C14H10FNO2. The second-order valence-corrected chi connectivity index (χ2v) is 3.84. The van der Waals surface area contributed by atoms with E-state index in [4.69, 9.17) is 9.15 Å². The Morgan fingerprint density at radius 1 is 1.17 bits per heavy atom. The van der Waals surface area contributed by atoms with Gasteiger partial charge in [-0.2, -0.15) is 0 Å². The molecule has 1 heterocycles. The zero-order valence-electron chi connectivity index (χ0n) is 9.68. The lowest BCUT2D eigenvalue weighted by atomic mass is 10.2. The molecule has 0 aliphatic rings. The van der Waals surface area contributed by atoms with E-state index in [0.717, 1.165) is 5.52 Å². The Labute approximate surface area is 103 Å². The van der Waals surface area contributed by atoms with Crippen molar-refractivity contribution in [2.24, 2.45) is 0 Å². The van der Waals surface area contributed by atoms with Crippen LogP contribution < -0.4 is 4.74 Å². The molecule has 0 N–H and O–H groups in total. The first-order chi connectivity index (χ1) is 8.78. The van der Waals surface area contributed by atoms with E-state index in [1.807, 2.05) is 24.3 Å². The first-order valence-corrected chi connectivity index (χ1v) is 5.47. The van der Waals surface area contributed by atoms with Crippen molar-refractivity contribution in [1.82, 2.24) is 4.98 Å². The van der Waals surface area contributed by atoms with Crippen LogP contribution in [-0.4, -0.2) is 12.1 Å². The first kappa shape index (κ1) is 10.8. The van der Waals surface area contributed by atoms with Crippen LogP contribution in [0.25, 0.3) is 22.6 Å². The van der Waals surface area contributed by atoms with Gasteiger partial charge in [0.15, 0.2) is 17.1 Å². The van der Waals surface area contributed by atoms with Crippen molar-refractivity contribution < 1.29 is 13.5 Å². The number of oxazole rings is 1. The Hall–Kier alpha value is -2.36. The van der Waals surface area contributed by atoms with E-state index >= 15 is 0 Å². The highest BCUT2D eigenvalue weighted by atomic mass is 19.1. The molecule has 0 unspecified atom stereocenters. The van der Waals surface area contributed by atoms with Gasteiger partial charge in [-0.1, -0.05) is 12.1 Å². The summed E-state index contributed by atoms with van der Waals surface area (Å²) in [5, 5.41) is 0. The number of methoxy groups -OCH3 is 1. The molecule has 1 aromatic heterocycles. The molecule has 0 fully saturated rings. The lowest BCUT2D eigenvalue weighted by molar-refractivity contribution is 0.386. The quantitative estimate of drug-likeness (QED) is 0.689. The van der Waals surface area contributed by atoms with Crippen LogP contribution in [0.5, 0.6) is 5.75 Å². The molecule has 0 aliphatic heterocycles. The summed E-state index contributed by atoms with van der Waals surface area (Å²) in [5.74, 6) is 0.171. The third-order valence-corrected chi connectivity index (χ3v) is 2.69. The molecule has 0 spiro atoms. The smallest absolute Gasteiger partial charge is 0.227 e. The zero-order chi connectivity index (χ0) is 12.5. The number of hydrogen-bond donors (Lipinski definition) is 0. The van der Waals surface area contributed by atoms with Crippen molar-refractivity contribution in [1.29, 1.82) is 0 Å². The van der Waals surface area contributed by atoms with Gasteiger partial charge in [-0.25, -0.2) is 9.37 Å². The molecule has 2 aromatic carbocycles. The summed E-state index contributed by atoms with van der Waals surface area (Å²) in [4.78, 5) is 4.31. The summed E-state index contributed by atoms with van der Waals surface area (Å²) in [6.45, 7) is 0. The van der Waals surface area contributed by atoms with Crippen molar-refractivity contribution in [3.63, 3.8) is 0 Å². The summed E-state index contributed by atoms with van der Waals surface area (Å²) < 4.78 is 24.0. The summed E-state index contributed by atoms with van der Waals surface area (Å²) in [7, 11) is 1.43. The average molecular weight is 243 g/mol. The van der Waals surface area contributed by atoms with Crippen LogP contribution in [-0.2, 0) is 0 Å². The molecule has 4 heteroatoms. The fourth-order valence-electron chi connectivity index (χ4n) is 1.80. The second-order valence-electron chi connectivity index (χ2n) is 3.84. The normalized spacial score (nSPS) is 10.8. The van der Waals surface area contributed by atoms with Crippen LogP contribution in [0.3, 0.4) is 0 Å². The van der Waals surface area contributed by atoms with Crippen molar-refractivity contribution in [2.45, 2.75) is 0 Å². The minimum absolute atomic E-state index is 0.204. The molecule has 0 atom stereocenters. The first-order valence-electron chi connectivity index (χ1n) is 5.47. The molecule has 0 saturated carbocycles. The van der Waals surface area contributed by atoms with Crippen LogP contribution in [0.1, 0.15) is 0 Å². The molecule has 0 bridgehead atoms. The van der Waals surface area contributed by atoms with Gasteiger partial charge in [0.05, 0.1) is 7.11 Å². The lowest BCUT2D eigenvalue weighted by Gasteiger charge is -2.02. The van der Waals surface area contributed by atoms with Crippen molar-refractivity contribution >= 4 is 11.1 Å². The van der Waals surface area contributed by atoms with Crippen LogP contribution in [0.4, 0.5) is 4.39 Å². The maximum atomic E-state index is 13.6.